The first-order valence-electron chi connectivity index (χ1n) is 5.54. The Labute approximate surface area is 109 Å². The highest BCUT2D eigenvalue weighted by Gasteiger charge is 2.19. The molecule has 2 rings (SSSR count). The van der Waals surface area contributed by atoms with Crippen LogP contribution in [0.1, 0.15) is 11.1 Å². The highest BCUT2D eigenvalue weighted by molar-refractivity contribution is 5.55. The fourth-order valence-electron chi connectivity index (χ4n) is 1.71. The highest BCUT2D eigenvalue weighted by Crippen LogP contribution is 2.34. The molecule has 0 aliphatic carbocycles. The largest absolute Gasteiger partial charge is 0.449 e. The zero-order valence-electron chi connectivity index (χ0n) is 10.2. The number of rotatable bonds is 3. The highest BCUT2D eigenvalue weighted by atomic mass is 16.6. The van der Waals surface area contributed by atoms with E-state index < -0.39 is 4.92 Å². The monoisotopic (exact) mass is 254 g/mol. The maximum absolute atomic E-state index is 11.0. The summed E-state index contributed by atoms with van der Waals surface area (Å²) in [6.45, 7) is 1.64. The lowest BCUT2D eigenvalue weighted by Crippen LogP contribution is -1.96. The van der Waals surface area contributed by atoms with Crippen molar-refractivity contribution in [3.8, 4) is 17.6 Å². The Morgan fingerprint density at radius 1 is 1.16 bits per heavy atom. The van der Waals surface area contributed by atoms with Crippen LogP contribution in [-0.4, -0.2) is 4.92 Å². The molecule has 0 unspecified atom stereocenters. The standard InChI is InChI=1S/C14H10N2O3/c1-10-5-4-8-13(14(10)16(17)18)19-12-7-3-2-6-11(12)9-15/h2-8H,1H3. The average molecular weight is 254 g/mol. The molecule has 0 aliphatic rings. The molecule has 5 heteroatoms. The first kappa shape index (κ1) is 12.6. The van der Waals surface area contributed by atoms with Gasteiger partial charge in [0.05, 0.1) is 10.5 Å². The number of benzene rings is 2. The van der Waals surface area contributed by atoms with Crippen LogP contribution in [0.15, 0.2) is 42.5 Å². The van der Waals surface area contributed by atoms with Crippen LogP contribution < -0.4 is 4.74 Å². The van der Waals surface area contributed by atoms with Gasteiger partial charge in [-0.25, -0.2) is 0 Å². The number of aryl methyl sites for hydroxylation is 1. The normalized spacial score (nSPS) is 9.68. The van der Waals surface area contributed by atoms with Gasteiger partial charge in [0.2, 0.25) is 5.75 Å². The van der Waals surface area contributed by atoms with E-state index in [0.29, 0.717) is 16.9 Å². The summed E-state index contributed by atoms with van der Waals surface area (Å²) in [5.74, 6) is 0.436. The smallest absolute Gasteiger partial charge is 0.314 e. The molecular weight excluding hydrogens is 244 g/mol. The Morgan fingerprint density at radius 2 is 1.84 bits per heavy atom. The third-order valence-electron chi connectivity index (χ3n) is 2.61. The van der Waals surface area contributed by atoms with Gasteiger partial charge in [-0.15, -0.1) is 0 Å². The molecule has 0 saturated heterocycles. The van der Waals surface area contributed by atoms with Crippen LogP contribution in [0.25, 0.3) is 0 Å². The fourth-order valence-corrected chi connectivity index (χ4v) is 1.71. The Hall–Kier alpha value is -2.87. The molecule has 0 fully saturated rings. The van der Waals surface area contributed by atoms with Crippen LogP contribution in [0.2, 0.25) is 0 Å². The molecule has 0 bridgehead atoms. The molecule has 0 aromatic heterocycles. The lowest BCUT2D eigenvalue weighted by Gasteiger charge is -2.08. The maximum Gasteiger partial charge on any atom is 0.314 e. The minimum Gasteiger partial charge on any atom is -0.449 e. The zero-order valence-corrected chi connectivity index (χ0v) is 10.2. The predicted molar refractivity (Wildman–Crippen MR) is 69.1 cm³/mol. The topological polar surface area (TPSA) is 76.2 Å². The van der Waals surface area contributed by atoms with Crippen LogP contribution in [0, 0.1) is 28.4 Å². The van der Waals surface area contributed by atoms with Gasteiger partial charge in [0.25, 0.3) is 0 Å². The molecule has 2 aromatic carbocycles. The second kappa shape index (κ2) is 5.19. The number of nitro groups is 1. The van der Waals surface area contributed by atoms with Gasteiger partial charge in [-0.3, -0.25) is 10.1 Å². The van der Waals surface area contributed by atoms with Gasteiger partial charge in [-0.1, -0.05) is 24.3 Å². The van der Waals surface area contributed by atoms with Crippen molar-refractivity contribution in [2.24, 2.45) is 0 Å². The number of nitrogens with zero attached hydrogens (tertiary/aromatic N) is 2. The lowest BCUT2D eigenvalue weighted by molar-refractivity contribution is -0.386. The fraction of sp³-hybridized carbons (Fsp3) is 0.0714. The summed E-state index contributed by atoms with van der Waals surface area (Å²) in [5.41, 5.74) is 0.755. The van der Waals surface area contributed by atoms with Crippen molar-refractivity contribution in [3.63, 3.8) is 0 Å². The summed E-state index contributed by atoms with van der Waals surface area (Å²) in [4.78, 5) is 10.6. The minimum atomic E-state index is -0.486. The van der Waals surface area contributed by atoms with Gasteiger partial charge in [0.15, 0.2) is 0 Å². The summed E-state index contributed by atoms with van der Waals surface area (Å²) in [7, 11) is 0. The Bertz CT molecular complexity index is 675. The molecule has 0 aliphatic heterocycles. The van der Waals surface area contributed by atoms with E-state index in [0.717, 1.165) is 0 Å². The maximum atomic E-state index is 11.0. The molecule has 2 aromatic rings. The van der Waals surface area contributed by atoms with Gasteiger partial charge >= 0.3 is 5.69 Å². The summed E-state index contributed by atoms with van der Waals surface area (Å²) < 4.78 is 5.51. The average Bonchev–Trinajstić information content (AvgIpc) is 2.39. The van der Waals surface area contributed by atoms with Gasteiger partial charge in [0.1, 0.15) is 11.8 Å². The van der Waals surface area contributed by atoms with Crippen molar-refractivity contribution in [2.45, 2.75) is 6.92 Å². The molecule has 0 heterocycles. The summed E-state index contributed by atoms with van der Waals surface area (Å²) in [5, 5.41) is 20.0. The Morgan fingerprint density at radius 3 is 2.53 bits per heavy atom. The number of nitro benzene ring substituents is 1. The molecule has 5 nitrogen and oxygen atoms in total. The van der Waals surface area contributed by atoms with Crippen LogP contribution in [0.4, 0.5) is 5.69 Å². The number of hydrogen-bond acceptors (Lipinski definition) is 4. The Kier molecular flexibility index (Phi) is 3.44. The van der Waals surface area contributed by atoms with E-state index in [9.17, 15) is 10.1 Å². The molecule has 0 amide bonds. The van der Waals surface area contributed by atoms with E-state index in [2.05, 4.69) is 0 Å². The van der Waals surface area contributed by atoms with Crippen molar-refractivity contribution >= 4 is 5.69 Å². The zero-order chi connectivity index (χ0) is 13.8. The van der Waals surface area contributed by atoms with Crippen molar-refractivity contribution in [1.29, 1.82) is 5.26 Å². The van der Waals surface area contributed by atoms with Gasteiger partial charge < -0.3 is 4.74 Å². The van der Waals surface area contributed by atoms with E-state index in [1.165, 1.54) is 6.07 Å². The van der Waals surface area contributed by atoms with Crippen molar-refractivity contribution in [1.82, 2.24) is 0 Å². The molecular formula is C14H10N2O3. The van der Waals surface area contributed by atoms with Crippen LogP contribution in [-0.2, 0) is 0 Å². The van der Waals surface area contributed by atoms with Gasteiger partial charge in [-0.05, 0) is 25.1 Å². The van der Waals surface area contributed by atoms with Crippen molar-refractivity contribution < 1.29 is 9.66 Å². The number of hydrogen-bond donors (Lipinski definition) is 0. The van der Waals surface area contributed by atoms with Gasteiger partial charge in [0, 0.05) is 5.56 Å². The summed E-state index contributed by atoms with van der Waals surface area (Å²) in [6.07, 6.45) is 0. The van der Waals surface area contributed by atoms with E-state index in [4.69, 9.17) is 10.00 Å². The molecule has 19 heavy (non-hydrogen) atoms. The SMILES string of the molecule is Cc1cccc(Oc2ccccc2C#N)c1[N+](=O)[O-]. The molecule has 0 radical (unpaired) electrons. The van der Waals surface area contributed by atoms with E-state index >= 15 is 0 Å². The molecule has 0 spiro atoms. The van der Waals surface area contributed by atoms with Gasteiger partial charge in [-0.2, -0.15) is 5.26 Å². The molecule has 94 valence electrons. The molecule has 0 N–H and O–H groups in total. The van der Waals surface area contributed by atoms with Crippen molar-refractivity contribution in [3.05, 3.63) is 63.7 Å². The first-order valence-corrected chi connectivity index (χ1v) is 5.54. The number of nitriles is 1. The summed E-state index contributed by atoms with van der Waals surface area (Å²) in [6, 6.07) is 13.4. The van der Waals surface area contributed by atoms with E-state index in [1.54, 1.807) is 43.3 Å². The minimum absolute atomic E-state index is 0.0877. The summed E-state index contributed by atoms with van der Waals surface area (Å²) >= 11 is 0. The first-order chi connectivity index (χ1) is 9.13. The van der Waals surface area contributed by atoms with Crippen LogP contribution >= 0.6 is 0 Å². The van der Waals surface area contributed by atoms with Crippen LogP contribution in [0.5, 0.6) is 11.5 Å². The third kappa shape index (κ3) is 2.53. The van der Waals surface area contributed by atoms with E-state index in [-0.39, 0.29) is 11.4 Å². The Balaban J connectivity index is 2.48. The van der Waals surface area contributed by atoms with Crippen LogP contribution in [0.3, 0.4) is 0 Å². The molecule has 0 atom stereocenters. The number of para-hydroxylation sites is 2. The van der Waals surface area contributed by atoms with E-state index in [1.807, 2.05) is 6.07 Å². The predicted octanol–water partition coefficient (Wildman–Crippen LogP) is 3.57. The second-order valence-electron chi connectivity index (χ2n) is 3.89. The molecule has 0 saturated carbocycles. The number of ether oxygens (including phenoxy) is 1. The quantitative estimate of drug-likeness (QED) is 0.619. The second-order valence-corrected chi connectivity index (χ2v) is 3.89. The third-order valence-corrected chi connectivity index (χ3v) is 2.61. The lowest BCUT2D eigenvalue weighted by atomic mass is 10.2. The van der Waals surface area contributed by atoms with Crippen molar-refractivity contribution in [2.75, 3.05) is 0 Å².